The Kier molecular flexibility index (Phi) is 3.64. The van der Waals surface area contributed by atoms with Crippen molar-refractivity contribution in [3.8, 4) is 5.75 Å². The molecule has 4 nitrogen and oxygen atoms in total. The molecule has 17 heavy (non-hydrogen) atoms. The van der Waals surface area contributed by atoms with Crippen LogP contribution in [0.3, 0.4) is 0 Å². The number of carbonyl (C=O) groups excluding carboxylic acids is 1. The lowest BCUT2D eigenvalue weighted by atomic mass is 10.2. The zero-order chi connectivity index (χ0) is 12.3. The van der Waals surface area contributed by atoms with Gasteiger partial charge in [-0.3, -0.25) is 0 Å². The van der Waals surface area contributed by atoms with Crippen molar-refractivity contribution in [2.45, 2.75) is 13.0 Å². The van der Waals surface area contributed by atoms with Gasteiger partial charge in [-0.2, -0.15) is 0 Å². The molecule has 0 aromatic heterocycles. The summed E-state index contributed by atoms with van der Waals surface area (Å²) in [5.41, 5.74) is 0. The third-order valence-electron chi connectivity index (χ3n) is 3.01. The van der Waals surface area contributed by atoms with Gasteiger partial charge in [-0.1, -0.05) is 18.2 Å². The van der Waals surface area contributed by atoms with E-state index in [-0.39, 0.29) is 12.1 Å². The van der Waals surface area contributed by atoms with E-state index in [1.807, 2.05) is 25.1 Å². The molecule has 1 aromatic rings. The molecule has 1 atom stereocenters. The molecule has 0 spiro atoms. The van der Waals surface area contributed by atoms with Gasteiger partial charge in [0.1, 0.15) is 5.75 Å². The molecule has 1 amide bonds. The van der Waals surface area contributed by atoms with Crippen LogP contribution in [0.1, 0.15) is 6.92 Å². The van der Waals surface area contributed by atoms with Crippen LogP contribution in [0.15, 0.2) is 30.3 Å². The maximum absolute atomic E-state index is 12.0. The van der Waals surface area contributed by atoms with Gasteiger partial charge in [0.05, 0.1) is 0 Å². The van der Waals surface area contributed by atoms with Gasteiger partial charge in [-0.15, -0.1) is 0 Å². The van der Waals surface area contributed by atoms with Gasteiger partial charge < -0.3 is 14.5 Å². The highest BCUT2D eigenvalue weighted by Gasteiger charge is 2.26. The van der Waals surface area contributed by atoms with E-state index < -0.39 is 0 Å². The molecule has 1 saturated heterocycles. The van der Waals surface area contributed by atoms with E-state index in [9.17, 15) is 4.79 Å². The van der Waals surface area contributed by atoms with Crippen molar-refractivity contribution < 1.29 is 9.53 Å². The van der Waals surface area contributed by atoms with Gasteiger partial charge in [0, 0.05) is 25.7 Å². The topological polar surface area (TPSA) is 32.8 Å². The number of hydrogen-bond donors (Lipinski definition) is 0. The molecule has 1 aromatic carbocycles. The lowest BCUT2D eigenvalue weighted by Crippen LogP contribution is -2.53. The Morgan fingerprint density at radius 1 is 1.29 bits per heavy atom. The van der Waals surface area contributed by atoms with Crippen LogP contribution >= 0.6 is 0 Å². The van der Waals surface area contributed by atoms with Crippen LogP contribution in [0.4, 0.5) is 4.79 Å². The SMILES string of the molecule is CC1CN(C)CCN1C(=O)Oc1ccccc1. The van der Waals surface area contributed by atoms with Crippen molar-refractivity contribution in [1.82, 2.24) is 9.80 Å². The molecule has 2 rings (SSSR count). The second-order valence-corrected chi connectivity index (χ2v) is 4.49. The number of carbonyl (C=O) groups is 1. The smallest absolute Gasteiger partial charge is 0.410 e. The van der Waals surface area contributed by atoms with E-state index in [0.29, 0.717) is 5.75 Å². The van der Waals surface area contributed by atoms with E-state index in [0.717, 1.165) is 19.6 Å². The van der Waals surface area contributed by atoms with Gasteiger partial charge >= 0.3 is 6.09 Å². The molecular weight excluding hydrogens is 216 g/mol. The summed E-state index contributed by atoms with van der Waals surface area (Å²) in [6.45, 7) is 4.56. The highest BCUT2D eigenvalue weighted by Crippen LogP contribution is 2.14. The van der Waals surface area contributed by atoms with E-state index in [1.165, 1.54) is 0 Å². The Balaban J connectivity index is 1.96. The largest absolute Gasteiger partial charge is 0.415 e. The number of likely N-dealkylation sites (N-methyl/N-ethyl adjacent to an activating group) is 1. The molecule has 1 aliphatic rings. The highest BCUT2D eigenvalue weighted by molar-refractivity contribution is 5.71. The number of hydrogen-bond acceptors (Lipinski definition) is 3. The van der Waals surface area contributed by atoms with Gasteiger partial charge in [0.15, 0.2) is 0 Å². The molecule has 1 unspecified atom stereocenters. The molecule has 0 aliphatic carbocycles. The van der Waals surface area contributed by atoms with Gasteiger partial charge in [0.2, 0.25) is 0 Å². The fourth-order valence-corrected chi connectivity index (χ4v) is 2.06. The first-order valence-corrected chi connectivity index (χ1v) is 5.89. The zero-order valence-electron chi connectivity index (χ0n) is 10.3. The number of ether oxygens (including phenoxy) is 1. The van der Waals surface area contributed by atoms with Crippen LogP contribution in [-0.2, 0) is 0 Å². The third-order valence-corrected chi connectivity index (χ3v) is 3.01. The average Bonchev–Trinajstić information content (AvgIpc) is 2.30. The maximum atomic E-state index is 12.0. The predicted molar refractivity (Wildman–Crippen MR) is 66.1 cm³/mol. The fourth-order valence-electron chi connectivity index (χ4n) is 2.06. The van der Waals surface area contributed by atoms with Crippen molar-refractivity contribution >= 4 is 6.09 Å². The van der Waals surface area contributed by atoms with Crippen molar-refractivity contribution in [3.63, 3.8) is 0 Å². The Bertz CT molecular complexity index is 380. The normalized spacial score (nSPS) is 21.3. The Labute approximate surface area is 102 Å². The molecule has 0 radical (unpaired) electrons. The van der Waals surface area contributed by atoms with Crippen LogP contribution in [0, 0.1) is 0 Å². The maximum Gasteiger partial charge on any atom is 0.415 e. The molecule has 1 heterocycles. The molecule has 1 aliphatic heterocycles. The van der Waals surface area contributed by atoms with Crippen molar-refractivity contribution in [1.29, 1.82) is 0 Å². The van der Waals surface area contributed by atoms with E-state index in [1.54, 1.807) is 17.0 Å². The van der Waals surface area contributed by atoms with Crippen LogP contribution < -0.4 is 4.74 Å². The van der Waals surface area contributed by atoms with Gasteiger partial charge in [-0.05, 0) is 26.1 Å². The second-order valence-electron chi connectivity index (χ2n) is 4.49. The number of amides is 1. The summed E-state index contributed by atoms with van der Waals surface area (Å²) in [5, 5.41) is 0. The highest BCUT2D eigenvalue weighted by atomic mass is 16.6. The van der Waals surface area contributed by atoms with E-state index >= 15 is 0 Å². The lowest BCUT2D eigenvalue weighted by molar-refractivity contribution is 0.0893. The van der Waals surface area contributed by atoms with Crippen molar-refractivity contribution in [2.24, 2.45) is 0 Å². The standard InChI is InChI=1S/C13H18N2O2/c1-11-10-14(2)8-9-15(11)13(16)17-12-6-4-3-5-7-12/h3-7,11H,8-10H2,1-2H3. The summed E-state index contributed by atoms with van der Waals surface area (Å²) in [6.07, 6.45) is -0.253. The predicted octanol–water partition coefficient (Wildman–Crippen LogP) is 1.82. The minimum Gasteiger partial charge on any atom is -0.410 e. The fraction of sp³-hybridized carbons (Fsp3) is 0.462. The molecule has 0 saturated carbocycles. The monoisotopic (exact) mass is 234 g/mol. The first-order valence-electron chi connectivity index (χ1n) is 5.89. The molecule has 0 bridgehead atoms. The minimum absolute atomic E-state index is 0.199. The zero-order valence-corrected chi connectivity index (χ0v) is 10.3. The van der Waals surface area contributed by atoms with Gasteiger partial charge in [0.25, 0.3) is 0 Å². The summed E-state index contributed by atoms with van der Waals surface area (Å²) in [4.78, 5) is 16.0. The number of piperazine rings is 1. The molecule has 1 fully saturated rings. The Morgan fingerprint density at radius 2 is 2.00 bits per heavy atom. The van der Waals surface area contributed by atoms with Crippen LogP contribution in [0.25, 0.3) is 0 Å². The number of nitrogens with zero attached hydrogens (tertiary/aromatic N) is 2. The minimum atomic E-state index is -0.253. The molecule has 0 N–H and O–H groups in total. The summed E-state index contributed by atoms with van der Waals surface area (Å²) < 4.78 is 5.33. The Hall–Kier alpha value is -1.55. The number of para-hydroxylation sites is 1. The third kappa shape index (κ3) is 2.97. The van der Waals surface area contributed by atoms with Gasteiger partial charge in [-0.25, -0.2) is 4.79 Å². The van der Waals surface area contributed by atoms with E-state index in [4.69, 9.17) is 4.74 Å². The quantitative estimate of drug-likeness (QED) is 0.743. The van der Waals surface area contributed by atoms with Crippen LogP contribution in [0.5, 0.6) is 5.75 Å². The molecule has 4 heteroatoms. The molecule has 92 valence electrons. The average molecular weight is 234 g/mol. The molecular formula is C13H18N2O2. The van der Waals surface area contributed by atoms with E-state index in [2.05, 4.69) is 11.9 Å². The first-order chi connectivity index (χ1) is 8.16. The van der Waals surface area contributed by atoms with Crippen molar-refractivity contribution in [3.05, 3.63) is 30.3 Å². The summed E-state index contributed by atoms with van der Waals surface area (Å²) >= 11 is 0. The second kappa shape index (κ2) is 5.19. The Morgan fingerprint density at radius 3 is 2.65 bits per heavy atom. The number of benzene rings is 1. The summed E-state index contributed by atoms with van der Waals surface area (Å²) in [5.74, 6) is 0.601. The lowest BCUT2D eigenvalue weighted by Gasteiger charge is -2.37. The summed E-state index contributed by atoms with van der Waals surface area (Å²) in [7, 11) is 2.07. The van der Waals surface area contributed by atoms with Crippen LogP contribution in [-0.4, -0.2) is 48.6 Å². The van der Waals surface area contributed by atoms with Crippen LogP contribution in [0.2, 0.25) is 0 Å². The van der Waals surface area contributed by atoms with Crippen molar-refractivity contribution in [2.75, 3.05) is 26.7 Å². The summed E-state index contributed by atoms with van der Waals surface area (Å²) in [6, 6.07) is 9.39. The first kappa shape index (κ1) is 11.9. The number of rotatable bonds is 1.